The van der Waals surface area contributed by atoms with Gasteiger partial charge >= 0.3 is 0 Å². The molecule has 2 rings (SSSR count). The molecule has 0 radical (unpaired) electrons. The van der Waals surface area contributed by atoms with E-state index in [1.165, 1.54) is 12.1 Å². The molecule has 0 aliphatic carbocycles. The second-order valence-electron chi connectivity index (χ2n) is 5.40. The minimum absolute atomic E-state index is 0.227. The van der Waals surface area contributed by atoms with E-state index in [1.54, 1.807) is 24.5 Å². The van der Waals surface area contributed by atoms with Gasteiger partial charge in [-0.15, -0.1) is 0 Å². The first-order valence-electron chi connectivity index (χ1n) is 7.72. The van der Waals surface area contributed by atoms with E-state index in [0.717, 1.165) is 36.0 Å². The summed E-state index contributed by atoms with van der Waals surface area (Å²) in [7, 11) is 0. The van der Waals surface area contributed by atoms with Crippen molar-refractivity contribution in [1.82, 2.24) is 4.98 Å². The number of aliphatic hydroxyl groups is 1. The third-order valence-electron chi connectivity index (χ3n) is 3.68. The molecule has 3 heteroatoms. The van der Waals surface area contributed by atoms with Crippen molar-refractivity contribution in [1.29, 1.82) is 0 Å². The normalized spacial score (nSPS) is 13.1. The van der Waals surface area contributed by atoms with Crippen LogP contribution >= 0.6 is 0 Å². The number of unbranched alkanes of at least 4 members (excludes halogenated alkanes) is 1. The first kappa shape index (κ1) is 16.4. The van der Waals surface area contributed by atoms with Crippen LogP contribution in [-0.4, -0.2) is 10.1 Å². The van der Waals surface area contributed by atoms with Gasteiger partial charge < -0.3 is 5.11 Å². The predicted molar refractivity (Wildman–Crippen MR) is 86.9 cm³/mol. The van der Waals surface area contributed by atoms with E-state index in [-0.39, 0.29) is 5.82 Å². The Kier molecular flexibility index (Phi) is 6.28. The summed E-state index contributed by atoms with van der Waals surface area (Å²) in [5, 5.41) is 10.6. The number of pyridine rings is 1. The minimum atomic E-state index is -0.624. The van der Waals surface area contributed by atoms with E-state index in [0.29, 0.717) is 6.42 Å². The Bertz CT molecular complexity index is 593. The van der Waals surface area contributed by atoms with Crippen molar-refractivity contribution in [3.63, 3.8) is 0 Å². The molecular formula is C19H22FNO. The van der Waals surface area contributed by atoms with Crippen molar-refractivity contribution in [2.24, 2.45) is 0 Å². The maximum absolute atomic E-state index is 12.9. The van der Waals surface area contributed by atoms with Gasteiger partial charge in [0.1, 0.15) is 11.9 Å². The minimum Gasteiger partial charge on any atom is -0.384 e. The van der Waals surface area contributed by atoms with E-state index in [1.807, 2.05) is 12.1 Å². The predicted octanol–water partition coefficient (Wildman–Crippen LogP) is 4.61. The molecule has 0 saturated carbocycles. The molecule has 0 saturated heterocycles. The number of aromatic nitrogens is 1. The first-order chi connectivity index (χ1) is 10.7. The summed E-state index contributed by atoms with van der Waals surface area (Å²) in [6, 6.07) is 10.2. The van der Waals surface area contributed by atoms with Gasteiger partial charge in [-0.1, -0.05) is 37.6 Å². The monoisotopic (exact) mass is 299 g/mol. The number of allylic oxidation sites excluding steroid dienone is 1. The lowest BCUT2D eigenvalue weighted by molar-refractivity contribution is 0.209. The number of nitrogens with zero attached hydrogens (tertiary/aromatic N) is 1. The molecule has 0 fully saturated rings. The summed E-state index contributed by atoms with van der Waals surface area (Å²) < 4.78 is 12.9. The lowest BCUT2D eigenvalue weighted by Crippen LogP contribution is -2.03. The molecule has 2 nitrogen and oxygen atoms in total. The smallest absolute Gasteiger partial charge is 0.123 e. The summed E-state index contributed by atoms with van der Waals surface area (Å²) in [6.45, 7) is 2.13. The van der Waals surface area contributed by atoms with Crippen LogP contribution in [0, 0.1) is 5.82 Å². The molecule has 2 aromatic rings. The van der Waals surface area contributed by atoms with E-state index in [9.17, 15) is 9.50 Å². The highest BCUT2D eigenvalue weighted by molar-refractivity contribution is 5.26. The van der Waals surface area contributed by atoms with Crippen LogP contribution in [0.15, 0.2) is 60.4 Å². The van der Waals surface area contributed by atoms with Crippen LogP contribution in [0.1, 0.15) is 43.4 Å². The number of aliphatic hydroxyl groups excluding tert-OH is 1. The quantitative estimate of drug-likeness (QED) is 0.757. The third kappa shape index (κ3) is 4.78. The zero-order valence-electron chi connectivity index (χ0n) is 12.9. The average Bonchev–Trinajstić information content (AvgIpc) is 2.57. The van der Waals surface area contributed by atoms with Crippen molar-refractivity contribution in [2.75, 3.05) is 0 Å². The fourth-order valence-electron chi connectivity index (χ4n) is 2.35. The van der Waals surface area contributed by atoms with Gasteiger partial charge in [-0.2, -0.15) is 0 Å². The second-order valence-corrected chi connectivity index (χ2v) is 5.40. The van der Waals surface area contributed by atoms with Crippen LogP contribution in [0.4, 0.5) is 4.39 Å². The Morgan fingerprint density at radius 3 is 2.68 bits per heavy atom. The number of hydrogen-bond donors (Lipinski definition) is 1. The molecule has 1 N–H and O–H groups in total. The Hall–Kier alpha value is -2.00. The second kappa shape index (κ2) is 8.44. The van der Waals surface area contributed by atoms with E-state index in [2.05, 4.69) is 18.0 Å². The summed E-state index contributed by atoms with van der Waals surface area (Å²) >= 11 is 0. The molecule has 0 bridgehead atoms. The molecule has 1 aromatic heterocycles. The highest BCUT2D eigenvalue weighted by Crippen LogP contribution is 2.25. The lowest BCUT2D eigenvalue weighted by Gasteiger charge is -2.15. The van der Waals surface area contributed by atoms with Gasteiger partial charge in [-0.3, -0.25) is 4.98 Å². The lowest BCUT2D eigenvalue weighted by atomic mass is 9.96. The largest absolute Gasteiger partial charge is 0.384 e. The summed E-state index contributed by atoms with van der Waals surface area (Å²) in [6.07, 6.45) is 8.48. The van der Waals surface area contributed by atoms with Gasteiger partial charge in [-0.05, 0) is 48.6 Å². The molecule has 0 spiro atoms. The summed E-state index contributed by atoms with van der Waals surface area (Å²) in [4.78, 5) is 4.07. The molecule has 0 aliphatic heterocycles. The van der Waals surface area contributed by atoms with Crippen LogP contribution in [0.5, 0.6) is 0 Å². The zero-order valence-corrected chi connectivity index (χ0v) is 12.9. The van der Waals surface area contributed by atoms with Gasteiger partial charge in [0.05, 0.1) is 0 Å². The van der Waals surface area contributed by atoms with Crippen molar-refractivity contribution in [2.45, 2.75) is 38.7 Å². The molecular weight excluding hydrogens is 277 g/mol. The fourth-order valence-corrected chi connectivity index (χ4v) is 2.35. The van der Waals surface area contributed by atoms with E-state index >= 15 is 0 Å². The van der Waals surface area contributed by atoms with Gasteiger partial charge in [-0.25, -0.2) is 4.39 Å². The topological polar surface area (TPSA) is 33.1 Å². The molecule has 1 unspecified atom stereocenters. The Morgan fingerprint density at radius 2 is 2.05 bits per heavy atom. The number of rotatable bonds is 7. The van der Waals surface area contributed by atoms with Crippen molar-refractivity contribution >= 4 is 0 Å². The van der Waals surface area contributed by atoms with Gasteiger partial charge in [0.15, 0.2) is 0 Å². The average molecular weight is 299 g/mol. The molecule has 0 amide bonds. The molecule has 22 heavy (non-hydrogen) atoms. The van der Waals surface area contributed by atoms with Crippen molar-refractivity contribution < 1.29 is 9.50 Å². The van der Waals surface area contributed by atoms with Crippen LogP contribution in [-0.2, 0) is 6.42 Å². The standard InChI is InChI=1S/C19H22FNO/c1-2-3-5-16(19(22)17-6-4-13-21-14-17)10-7-15-8-11-18(20)12-9-15/h4,6,8-14,19,22H,2-3,5,7H2,1H3. The Labute approximate surface area is 131 Å². The van der Waals surface area contributed by atoms with Gasteiger partial charge in [0.25, 0.3) is 0 Å². The molecule has 0 aliphatic rings. The maximum Gasteiger partial charge on any atom is 0.123 e. The van der Waals surface area contributed by atoms with E-state index < -0.39 is 6.10 Å². The maximum atomic E-state index is 12.9. The highest BCUT2D eigenvalue weighted by atomic mass is 19.1. The fraction of sp³-hybridized carbons (Fsp3) is 0.316. The van der Waals surface area contributed by atoms with Gasteiger partial charge in [0, 0.05) is 18.0 Å². The summed E-state index contributed by atoms with van der Waals surface area (Å²) in [5.41, 5.74) is 2.84. The number of benzene rings is 1. The van der Waals surface area contributed by atoms with Gasteiger partial charge in [0.2, 0.25) is 0 Å². The van der Waals surface area contributed by atoms with Crippen molar-refractivity contribution in [3.05, 3.63) is 77.4 Å². The number of halogens is 1. The molecule has 1 aromatic carbocycles. The molecule has 1 atom stereocenters. The first-order valence-corrected chi connectivity index (χ1v) is 7.72. The van der Waals surface area contributed by atoms with Crippen LogP contribution in [0.2, 0.25) is 0 Å². The molecule has 1 heterocycles. The third-order valence-corrected chi connectivity index (χ3v) is 3.68. The zero-order chi connectivity index (χ0) is 15.8. The van der Waals surface area contributed by atoms with Crippen LogP contribution in [0.25, 0.3) is 0 Å². The summed E-state index contributed by atoms with van der Waals surface area (Å²) in [5.74, 6) is -0.227. The Morgan fingerprint density at radius 1 is 1.27 bits per heavy atom. The van der Waals surface area contributed by atoms with E-state index in [4.69, 9.17) is 0 Å². The van der Waals surface area contributed by atoms with Crippen LogP contribution < -0.4 is 0 Å². The number of hydrogen-bond acceptors (Lipinski definition) is 2. The van der Waals surface area contributed by atoms with Crippen LogP contribution in [0.3, 0.4) is 0 Å². The highest BCUT2D eigenvalue weighted by Gasteiger charge is 2.13. The SMILES string of the molecule is CCCCC(=CCc1ccc(F)cc1)C(O)c1cccnc1. The molecule has 116 valence electrons. The van der Waals surface area contributed by atoms with Crippen molar-refractivity contribution in [3.8, 4) is 0 Å². The Balaban J connectivity index is 2.14.